The Morgan fingerprint density at radius 2 is 1.90 bits per heavy atom. The van der Waals surface area contributed by atoms with Crippen molar-refractivity contribution in [2.75, 3.05) is 18.5 Å². The Bertz CT molecular complexity index is 991. The van der Waals surface area contributed by atoms with Gasteiger partial charge in [0, 0.05) is 56.0 Å². The van der Waals surface area contributed by atoms with Gasteiger partial charge in [-0.15, -0.1) is 0 Å². The molecular weight excluding hydrogens is 368 g/mol. The number of carbonyl (C=O) groups is 2. The summed E-state index contributed by atoms with van der Waals surface area (Å²) in [5, 5.41) is 5.82. The van der Waals surface area contributed by atoms with E-state index in [1.165, 1.54) is 0 Å². The monoisotopic (exact) mass is 392 g/mol. The van der Waals surface area contributed by atoms with Gasteiger partial charge in [0.2, 0.25) is 5.91 Å². The van der Waals surface area contributed by atoms with Crippen molar-refractivity contribution in [2.45, 2.75) is 25.8 Å². The maximum absolute atomic E-state index is 12.4. The highest BCUT2D eigenvalue weighted by Crippen LogP contribution is 2.19. The third-order valence-corrected chi connectivity index (χ3v) is 5.16. The van der Waals surface area contributed by atoms with Crippen LogP contribution in [0.5, 0.6) is 0 Å². The first-order valence-electron chi connectivity index (χ1n) is 9.85. The lowest BCUT2D eigenvalue weighted by molar-refractivity contribution is -0.117. The second-order valence-electron chi connectivity index (χ2n) is 7.30. The number of imidazole rings is 1. The fraction of sp³-hybridized carbons (Fsp3) is 0.318. The standard InChI is InChI=1S/C22H24N4O3/c27-21(14-16-6-11-29-12-7-16)25-19-3-1-18(2-4-19)22(28)24-15-17-5-9-26-10-8-23-20(26)13-17/h1-5,8-10,13,16H,6-7,11-12,14-15H2,(H,24,28)(H,25,27). The summed E-state index contributed by atoms with van der Waals surface area (Å²) in [7, 11) is 0. The van der Waals surface area contributed by atoms with Crippen LogP contribution >= 0.6 is 0 Å². The van der Waals surface area contributed by atoms with Crippen LogP contribution in [0, 0.1) is 5.92 Å². The van der Waals surface area contributed by atoms with Crippen molar-refractivity contribution in [3.8, 4) is 0 Å². The Kier molecular flexibility index (Phi) is 5.86. The van der Waals surface area contributed by atoms with Gasteiger partial charge in [0.05, 0.1) is 0 Å². The van der Waals surface area contributed by atoms with Gasteiger partial charge in [-0.25, -0.2) is 4.98 Å². The van der Waals surface area contributed by atoms with Gasteiger partial charge in [-0.1, -0.05) is 0 Å². The highest BCUT2D eigenvalue weighted by Gasteiger charge is 2.17. The molecule has 1 aromatic carbocycles. The van der Waals surface area contributed by atoms with E-state index in [0.717, 1.165) is 37.3 Å². The first-order chi connectivity index (χ1) is 14.2. The summed E-state index contributed by atoms with van der Waals surface area (Å²) in [5.41, 5.74) is 3.07. The molecule has 0 unspecified atom stereocenters. The fourth-order valence-corrected chi connectivity index (χ4v) is 3.48. The van der Waals surface area contributed by atoms with E-state index in [-0.39, 0.29) is 11.8 Å². The van der Waals surface area contributed by atoms with Gasteiger partial charge in [0.1, 0.15) is 5.65 Å². The molecule has 1 aliphatic heterocycles. The van der Waals surface area contributed by atoms with Crippen LogP contribution < -0.4 is 10.6 Å². The Hall–Kier alpha value is -3.19. The minimum atomic E-state index is -0.159. The van der Waals surface area contributed by atoms with Gasteiger partial charge in [-0.3, -0.25) is 9.59 Å². The van der Waals surface area contributed by atoms with Gasteiger partial charge < -0.3 is 19.8 Å². The predicted molar refractivity (Wildman–Crippen MR) is 110 cm³/mol. The maximum Gasteiger partial charge on any atom is 0.251 e. The van der Waals surface area contributed by atoms with E-state index in [2.05, 4.69) is 15.6 Å². The third kappa shape index (κ3) is 5.00. The van der Waals surface area contributed by atoms with Crippen LogP contribution in [0.25, 0.3) is 5.65 Å². The molecule has 2 N–H and O–H groups in total. The Morgan fingerprint density at radius 1 is 1.10 bits per heavy atom. The molecule has 1 fully saturated rings. The van der Waals surface area contributed by atoms with Crippen LogP contribution in [-0.2, 0) is 16.1 Å². The van der Waals surface area contributed by atoms with Crippen LogP contribution in [0.1, 0.15) is 35.2 Å². The minimum absolute atomic E-state index is 0.00323. The van der Waals surface area contributed by atoms with Gasteiger partial charge in [0.25, 0.3) is 5.91 Å². The molecule has 0 bridgehead atoms. The summed E-state index contributed by atoms with van der Waals surface area (Å²) in [4.78, 5) is 28.8. The molecule has 150 valence electrons. The molecule has 2 aromatic heterocycles. The topological polar surface area (TPSA) is 84.7 Å². The second kappa shape index (κ2) is 8.87. The molecular formula is C22H24N4O3. The molecule has 0 atom stereocenters. The lowest BCUT2D eigenvalue weighted by Crippen LogP contribution is -2.23. The Morgan fingerprint density at radius 3 is 2.69 bits per heavy atom. The smallest absolute Gasteiger partial charge is 0.251 e. The highest BCUT2D eigenvalue weighted by molar-refractivity contribution is 5.95. The van der Waals surface area contributed by atoms with Crippen molar-refractivity contribution in [2.24, 2.45) is 5.92 Å². The molecule has 0 radical (unpaired) electrons. The number of nitrogens with zero attached hydrogens (tertiary/aromatic N) is 2. The van der Waals surface area contributed by atoms with Gasteiger partial charge in [-0.05, 0) is 60.7 Å². The fourth-order valence-electron chi connectivity index (χ4n) is 3.48. The highest BCUT2D eigenvalue weighted by atomic mass is 16.5. The van der Waals surface area contributed by atoms with Crippen LogP contribution in [-0.4, -0.2) is 34.4 Å². The lowest BCUT2D eigenvalue weighted by atomic mass is 9.96. The molecule has 7 heteroatoms. The normalized spacial score (nSPS) is 14.6. The van der Waals surface area contributed by atoms with Crippen LogP contribution in [0.2, 0.25) is 0 Å². The average molecular weight is 392 g/mol. The van der Waals surface area contributed by atoms with E-state index < -0.39 is 0 Å². The number of hydrogen-bond donors (Lipinski definition) is 2. The van der Waals surface area contributed by atoms with Gasteiger partial charge >= 0.3 is 0 Å². The summed E-state index contributed by atoms with van der Waals surface area (Å²) < 4.78 is 7.24. The number of carbonyl (C=O) groups excluding carboxylic acids is 2. The molecule has 2 amide bonds. The van der Waals surface area contributed by atoms with E-state index in [9.17, 15) is 9.59 Å². The molecule has 0 spiro atoms. The van der Waals surface area contributed by atoms with E-state index in [4.69, 9.17) is 4.74 Å². The van der Waals surface area contributed by atoms with Crippen molar-refractivity contribution in [1.29, 1.82) is 0 Å². The summed E-state index contributed by atoms with van der Waals surface area (Å²) in [5.74, 6) is 0.229. The van der Waals surface area contributed by atoms with Crippen molar-refractivity contribution in [3.63, 3.8) is 0 Å². The summed E-state index contributed by atoms with van der Waals surface area (Å²) in [6, 6.07) is 10.8. The number of amides is 2. The number of benzene rings is 1. The number of anilines is 1. The van der Waals surface area contributed by atoms with E-state index in [1.807, 2.05) is 28.9 Å². The number of ether oxygens (including phenoxy) is 1. The number of fused-ring (bicyclic) bond motifs is 1. The van der Waals surface area contributed by atoms with E-state index in [1.54, 1.807) is 30.5 Å². The molecule has 1 saturated heterocycles. The number of aromatic nitrogens is 2. The molecule has 29 heavy (non-hydrogen) atoms. The lowest BCUT2D eigenvalue weighted by Gasteiger charge is -2.21. The SMILES string of the molecule is O=C(CC1CCOCC1)Nc1ccc(C(=O)NCc2ccn3ccnc3c2)cc1. The van der Waals surface area contributed by atoms with Crippen molar-refractivity contribution in [3.05, 3.63) is 66.1 Å². The number of rotatable bonds is 6. The Labute approximate surface area is 169 Å². The minimum Gasteiger partial charge on any atom is -0.381 e. The zero-order chi connectivity index (χ0) is 20.1. The molecule has 3 heterocycles. The number of nitrogens with one attached hydrogen (secondary N) is 2. The summed E-state index contributed by atoms with van der Waals surface area (Å²) in [6.07, 6.45) is 7.90. The number of pyridine rings is 1. The van der Waals surface area contributed by atoms with Crippen LogP contribution in [0.3, 0.4) is 0 Å². The van der Waals surface area contributed by atoms with Crippen molar-refractivity contribution in [1.82, 2.24) is 14.7 Å². The maximum atomic E-state index is 12.4. The first kappa shape index (κ1) is 19.1. The predicted octanol–water partition coefficient (Wildman–Crippen LogP) is 3.02. The summed E-state index contributed by atoms with van der Waals surface area (Å²) in [6.45, 7) is 1.89. The van der Waals surface area contributed by atoms with Gasteiger partial charge in [0.15, 0.2) is 0 Å². The average Bonchev–Trinajstić information content (AvgIpc) is 3.21. The molecule has 4 rings (SSSR count). The quantitative estimate of drug-likeness (QED) is 0.675. The summed E-state index contributed by atoms with van der Waals surface area (Å²) >= 11 is 0. The molecule has 3 aromatic rings. The number of hydrogen-bond acceptors (Lipinski definition) is 4. The molecule has 7 nitrogen and oxygen atoms in total. The van der Waals surface area contributed by atoms with Crippen LogP contribution in [0.4, 0.5) is 5.69 Å². The van der Waals surface area contributed by atoms with Gasteiger partial charge in [-0.2, -0.15) is 0 Å². The molecule has 0 aliphatic carbocycles. The van der Waals surface area contributed by atoms with Crippen molar-refractivity contribution >= 4 is 23.1 Å². The zero-order valence-electron chi connectivity index (χ0n) is 16.1. The Balaban J connectivity index is 1.28. The largest absolute Gasteiger partial charge is 0.381 e. The second-order valence-corrected chi connectivity index (χ2v) is 7.30. The van der Waals surface area contributed by atoms with Crippen LogP contribution in [0.15, 0.2) is 55.0 Å². The third-order valence-electron chi connectivity index (χ3n) is 5.16. The van der Waals surface area contributed by atoms with E-state index in [0.29, 0.717) is 30.1 Å². The first-order valence-corrected chi connectivity index (χ1v) is 9.85. The van der Waals surface area contributed by atoms with Crippen molar-refractivity contribution < 1.29 is 14.3 Å². The zero-order valence-corrected chi connectivity index (χ0v) is 16.1. The molecule has 0 saturated carbocycles. The molecule has 1 aliphatic rings. The van der Waals surface area contributed by atoms with E-state index >= 15 is 0 Å².